The predicted molar refractivity (Wildman–Crippen MR) is 102 cm³/mol. The van der Waals surface area contributed by atoms with Crippen molar-refractivity contribution in [2.75, 3.05) is 11.9 Å². The Morgan fingerprint density at radius 3 is 2.80 bits per heavy atom. The average Bonchev–Trinajstić information content (AvgIpc) is 3.17. The molecule has 0 spiro atoms. The third-order valence-corrected chi connectivity index (χ3v) is 5.35. The second kappa shape index (κ2) is 7.21. The van der Waals surface area contributed by atoms with E-state index < -0.39 is 0 Å². The van der Waals surface area contributed by atoms with Gasteiger partial charge in [-0.05, 0) is 35.1 Å². The van der Waals surface area contributed by atoms with Gasteiger partial charge in [-0.3, -0.25) is 4.79 Å². The van der Waals surface area contributed by atoms with Gasteiger partial charge >= 0.3 is 0 Å². The molecule has 0 saturated heterocycles. The molecule has 1 N–H and O–H groups in total. The molecule has 1 atom stereocenters. The molecule has 0 radical (unpaired) electrons. The minimum absolute atomic E-state index is 0.0225. The fraction of sp³-hybridized carbons (Fsp3) is 0.190. The van der Waals surface area contributed by atoms with Crippen molar-refractivity contribution in [3.8, 4) is 10.4 Å². The van der Waals surface area contributed by atoms with Crippen molar-refractivity contribution in [2.45, 2.75) is 18.9 Å². The summed E-state index contributed by atoms with van der Waals surface area (Å²) in [6, 6.07) is 20.2. The first-order valence-corrected chi connectivity index (χ1v) is 9.31. The highest BCUT2D eigenvalue weighted by atomic mass is 32.1. The third kappa shape index (κ3) is 3.50. The van der Waals surface area contributed by atoms with E-state index in [1.807, 2.05) is 47.8 Å². The molecule has 0 bridgehead atoms. The molecule has 1 aromatic heterocycles. The summed E-state index contributed by atoms with van der Waals surface area (Å²) in [6.07, 6.45) is 1.07. The highest BCUT2D eigenvalue weighted by molar-refractivity contribution is 7.13. The fourth-order valence-electron chi connectivity index (χ4n) is 3.25. The zero-order chi connectivity index (χ0) is 17.1. The van der Waals surface area contributed by atoms with Crippen LogP contribution in [0.5, 0.6) is 0 Å². The van der Waals surface area contributed by atoms with Gasteiger partial charge in [-0.1, -0.05) is 48.5 Å². The number of fused-ring (bicyclic) bond motifs is 1. The molecular formula is C21H19NO2S. The Morgan fingerprint density at radius 2 is 1.92 bits per heavy atom. The van der Waals surface area contributed by atoms with Crippen LogP contribution in [0, 0.1) is 0 Å². The normalized spacial score (nSPS) is 16.2. The zero-order valence-corrected chi connectivity index (χ0v) is 14.6. The van der Waals surface area contributed by atoms with Gasteiger partial charge in [0.25, 0.3) is 0 Å². The van der Waals surface area contributed by atoms with E-state index in [4.69, 9.17) is 4.74 Å². The molecule has 3 aromatic rings. The summed E-state index contributed by atoms with van der Waals surface area (Å²) < 4.78 is 5.86. The Bertz CT molecular complexity index is 873. The highest BCUT2D eigenvalue weighted by Crippen LogP contribution is 2.33. The maximum Gasteiger partial charge on any atom is 0.227 e. The molecule has 2 aromatic carbocycles. The van der Waals surface area contributed by atoms with Crippen LogP contribution in [0.3, 0.4) is 0 Å². The van der Waals surface area contributed by atoms with Crippen LogP contribution in [0.15, 0.2) is 66.0 Å². The first kappa shape index (κ1) is 16.1. The lowest BCUT2D eigenvalue weighted by Crippen LogP contribution is -2.22. The number of rotatable bonds is 4. The molecule has 1 amide bonds. The number of anilines is 1. The van der Waals surface area contributed by atoms with Crippen molar-refractivity contribution in [1.82, 2.24) is 0 Å². The maximum atomic E-state index is 12.6. The van der Waals surface area contributed by atoms with Gasteiger partial charge in [-0.25, -0.2) is 0 Å². The van der Waals surface area contributed by atoms with E-state index in [-0.39, 0.29) is 12.0 Å². The van der Waals surface area contributed by atoms with Crippen LogP contribution in [-0.4, -0.2) is 12.5 Å². The third-order valence-electron chi connectivity index (χ3n) is 4.45. The van der Waals surface area contributed by atoms with Crippen LogP contribution in [0.25, 0.3) is 10.4 Å². The summed E-state index contributed by atoms with van der Waals surface area (Å²) in [5.41, 5.74) is 4.32. The first-order chi connectivity index (χ1) is 12.3. The van der Waals surface area contributed by atoms with Gasteiger partial charge in [0.15, 0.2) is 0 Å². The molecule has 126 valence electrons. The van der Waals surface area contributed by atoms with E-state index in [0.29, 0.717) is 13.0 Å². The van der Waals surface area contributed by atoms with Gasteiger partial charge < -0.3 is 10.1 Å². The topological polar surface area (TPSA) is 38.3 Å². The van der Waals surface area contributed by atoms with Gasteiger partial charge in [-0.15, -0.1) is 11.3 Å². The Kier molecular flexibility index (Phi) is 4.63. The predicted octanol–water partition coefficient (Wildman–Crippen LogP) is 5.06. The zero-order valence-electron chi connectivity index (χ0n) is 13.8. The number of thiophene rings is 1. The molecule has 0 saturated carbocycles. The molecule has 1 unspecified atom stereocenters. The molecule has 0 fully saturated rings. The van der Waals surface area contributed by atoms with Crippen LogP contribution < -0.4 is 5.32 Å². The molecule has 0 aliphatic carbocycles. The van der Waals surface area contributed by atoms with Crippen LogP contribution in [0.1, 0.15) is 23.7 Å². The number of amides is 1. The Hall–Kier alpha value is -2.43. The van der Waals surface area contributed by atoms with E-state index in [1.54, 1.807) is 11.3 Å². The number of nitrogens with one attached hydrogen (secondary N) is 1. The summed E-state index contributed by atoms with van der Waals surface area (Å²) in [6.45, 7) is 0.667. The van der Waals surface area contributed by atoms with Gasteiger partial charge in [-0.2, -0.15) is 0 Å². The number of carbonyl (C=O) groups excluding carboxylic acids is 1. The summed E-state index contributed by atoms with van der Waals surface area (Å²) in [7, 11) is 0. The number of para-hydroxylation sites is 1. The van der Waals surface area contributed by atoms with Crippen molar-refractivity contribution in [3.63, 3.8) is 0 Å². The molecule has 2 heterocycles. The Labute approximate surface area is 151 Å². The Balaban J connectivity index is 1.51. The second-order valence-corrected chi connectivity index (χ2v) is 7.03. The van der Waals surface area contributed by atoms with E-state index in [2.05, 4.69) is 23.5 Å². The molecule has 1 aliphatic heterocycles. The fourth-order valence-corrected chi connectivity index (χ4v) is 4.02. The molecular weight excluding hydrogens is 330 g/mol. The molecule has 25 heavy (non-hydrogen) atoms. The van der Waals surface area contributed by atoms with Crippen molar-refractivity contribution in [2.24, 2.45) is 0 Å². The summed E-state index contributed by atoms with van der Waals surface area (Å²) >= 11 is 1.67. The molecule has 1 aliphatic rings. The highest BCUT2D eigenvalue weighted by Gasteiger charge is 2.23. The molecule has 4 heteroatoms. The first-order valence-electron chi connectivity index (χ1n) is 8.43. The van der Waals surface area contributed by atoms with Crippen molar-refractivity contribution in [1.29, 1.82) is 0 Å². The SMILES string of the molecule is O=C(CC1OCCc2ccccc21)Nc1ccccc1-c1cccs1. The average molecular weight is 349 g/mol. The maximum absolute atomic E-state index is 12.6. The van der Waals surface area contributed by atoms with Gasteiger partial charge in [0.2, 0.25) is 5.91 Å². The number of benzene rings is 2. The van der Waals surface area contributed by atoms with Crippen LogP contribution in [0.4, 0.5) is 5.69 Å². The van der Waals surface area contributed by atoms with E-state index in [0.717, 1.165) is 28.1 Å². The van der Waals surface area contributed by atoms with Crippen LogP contribution in [0.2, 0.25) is 0 Å². The van der Waals surface area contributed by atoms with Crippen LogP contribution >= 0.6 is 11.3 Å². The standard InChI is InChI=1S/C21H19NO2S/c23-21(14-19-16-7-2-1-6-15(16)11-12-24-19)22-18-9-4-3-8-17(18)20-10-5-13-25-20/h1-10,13,19H,11-12,14H2,(H,22,23). The Morgan fingerprint density at radius 1 is 1.08 bits per heavy atom. The lowest BCUT2D eigenvalue weighted by molar-refractivity contribution is -0.119. The van der Waals surface area contributed by atoms with Crippen molar-refractivity contribution < 1.29 is 9.53 Å². The summed E-state index contributed by atoms with van der Waals surface area (Å²) in [5.74, 6) is -0.0225. The van der Waals surface area contributed by atoms with Crippen molar-refractivity contribution in [3.05, 3.63) is 77.2 Å². The second-order valence-electron chi connectivity index (χ2n) is 6.08. The van der Waals surface area contributed by atoms with Gasteiger partial charge in [0.1, 0.15) is 0 Å². The summed E-state index contributed by atoms with van der Waals surface area (Å²) in [4.78, 5) is 13.8. The number of carbonyl (C=O) groups is 1. The number of ether oxygens (including phenoxy) is 1. The summed E-state index contributed by atoms with van der Waals surface area (Å²) in [5, 5.41) is 5.11. The number of hydrogen-bond donors (Lipinski definition) is 1. The van der Waals surface area contributed by atoms with E-state index in [9.17, 15) is 4.79 Å². The van der Waals surface area contributed by atoms with Gasteiger partial charge in [0, 0.05) is 16.1 Å². The van der Waals surface area contributed by atoms with Crippen molar-refractivity contribution >= 4 is 22.9 Å². The lowest BCUT2D eigenvalue weighted by atomic mass is 9.95. The molecule has 4 rings (SSSR count). The van der Waals surface area contributed by atoms with E-state index in [1.165, 1.54) is 5.56 Å². The van der Waals surface area contributed by atoms with E-state index >= 15 is 0 Å². The monoisotopic (exact) mass is 349 g/mol. The minimum atomic E-state index is -0.168. The van der Waals surface area contributed by atoms with Crippen LogP contribution in [-0.2, 0) is 16.0 Å². The lowest BCUT2D eigenvalue weighted by Gasteiger charge is -2.25. The molecule has 3 nitrogen and oxygen atoms in total. The quantitative estimate of drug-likeness (QED) is 0.715. The number of hydrogen-bond acceptors (Lipinski definition) is 3. The van der Waals surface area contributed by atoms with Gasteiger partial charge in [0.05, 0.1) is 19.1 Å². The minimum Gasteiger partial charge on any atom is -0.373 e. The largest absolute Gasteiger partial charge is 0.373 e. The smallest absolute Gasteiger partial charge is 0.227 e.